The van der Waals surface area contributed by atoms with Crippen LogP contribution in [0.25, 0.3) is 0 Å². The Hall–Kier alpha value is -1.26. The number of hydrogen-bond acceptors (Lipinski definition) is 4. The molecule has 4 nitrogen and oxygen atoms in total. The van der Waals surface area contributed by atoms with Crippen LogP contribution in [-0.4, -0.2) is 23.9 Å². The second kappa shape index (κ2) is 4.11. The van der Waals surface area contributed by atoms with Crippen LogP contribution in [0.2, 0.25) is 0 Å². The summed E-state index contributed by atoms with van der Waals surface area (Å²) in [6.07, 6.45) is 0. The Balaban J connectivity index is 2.95. The van der Waals surface area contributed by atoms with E-state index in [-0.39, 0.29) is 18.4 Å². The molecular weight excluding hydrogens is 168 g/mol. The highest BCUT2D eigenvalue weighted by atomic mass is 16.3. The monoisotopic (exact) mass is 182 g/mol. The number of nitrogens with one attached hydrogen (secondary N) is 1. The maximum Gasteiger partial charge on any atom is 0.138 e. The first-order chi connectivity index (χ1) is 6.19. The van der Waals surface area contributed by atoms with E-state index in [0.29, 0.717) is 5.69 Å². The van der Waals surface area contributed by atoms with Crippen LogP contribution in [0.3, 0.4) is 0 Å². The second-order valence-corrected chi connectivity index (χ2v) is 2.84. The number of aliphatic hydroxyl groups is 1. The SMILES string of the molecule is CNC(CO)c1ccc(N)c(O)c1. The highest BCUT2D eigenvalue weighted by molar-refractivity contribution is 5.53. The summed E-state index contributed by atoms with van der Waals surface area (Å²) in [5.74, 6) is 0.0474. The molecule has 1 atom stereocenters. The normalized spacial score (nSPS) is 12.8. The Morgan fingerprint density at radius 3 is 2.69 bits per heavy atom. The summed E-state index contributed by atoms with van der Waals surface area (Å²) in [5, 5.41) is 21.2. The molecule has 0 spiro atoms. The summed E-state index contributed by atoms with van der Waals surface area (Å²) in [7, 11) is 1.74. The fourth-order valence-corrected chi connectivity index (χ4v) is 1.14. The number of nitrogens with two attached hydrogens (primary N) is 1. The van der Waals surface area contributed by atoms with Crippen molar-refractivity contribution in [2.24, 2.45) is 0 Å². The molecule has 1 aromatic rings. The Labute approximate surface area is 77.0 Å². The van der Waals surface area contributed by atoms with Gasteiger partial charge in [-0.25, -0.2) is 0 Å². The summed E-state index contributed by atoms with van der Waals surface area (Å²) < 4.78 is 0. The average molecular weight is 182 g/mol. The number of nitrogen functional groups attached to an aromatic ring is 1. The number of anilines is 1. The van der Waals surface area contributed by atoms with E-state index in [0.717, 1.165) is 5.56 Å². The molecule has 0 bridgehead atoms. The molecule has 0 aliphatic carbocycles. The number of likely N-dealkylation sites (N-methyl/N-ethyl adjacent to an activating group) is 1. The van der Waals surface area contributed by atoms with E-state index in [1.54, 1.807) is 25.2 Å². The lowest BCUT2D eigenvalue weighted by atomic mass is 10.1. The molecule has 0 heterocycles. The van der Waals surface area contributed by atoms with Crippen LogP contribution in [0.15, 0.2) is 18.2 Å². The molecule has 0 saturated carbocycles. The molecule has 13 heavy (non-hydrogen) atoms. The van der Waals surface area contributed by atoms with Gasteiger partial charge in [0.25, 0.3) is 0 Å². The lowest BCUT2D eigenvalue weighted by Crippen LogP contribution is -2.19. The van der Waals surface area contributed by atoms with Gasteiger partial charge >= 0.3 is 0 Å². The van der Waals surface area contributed by atoms with Gasteiger partial charge < -0.3 is 21.3 Å². The van der Waals surface area contributed by atoms with Crippen LogP contribution in [0.5, 0.6) is 5.75 Å². The number of phenolic OH excluding ortho intramolecular Hbond substituents is 1. The first kappa shape index (κ1) is 9.83. The molecule has 4 heteroatoms. The maximum absolute atomic E-state index is 9.31. The zero-order chi connectivity index (χ0) is 9.84. The fraction of sp³-hybridized carbons (Fsp3) is 0.333. The third-order valence-corrected chi connectivity index (χ3v) is 1.99. The van der Waals surface area contributed by atoms with Crippen molar-refractivity contribution in [1.82, 2.24) is 5.32 Å². The molecular formula is C9H14N2O2. The highest BCUT2D eigenvalue weighted by Crippen LogP contribution is 2.23. The molecule has 0 amide bonds. The average Bonchev–Trinajstić information content (AvgIpc) is 2.13. The van der Waals surface area contributed by atoms with Gasteiger partial charge in [-0.05, 0) is 24.7 Å². The third kappa shape index (κ3) is 2.11. The van der Waals surface area contributed by atoms with E-state index in [9.17, 15) is 5.11 Å². The molecule has 0 radical (unpaired) electrons. The number of phenols is 1. The Kier molecular flexibility index (Phi) is 3.11. The molecule has 72 valence electrons. The predicted octanol–water partition coefficient (Wildman–Crippen LogP) is 0.227. The Morgan fingerprint density at radius 1 is 1.54 bits per heavy atom. The van der Waals surface area contributed by atoms with E-state index in [1.165, 1.54) is 0 Å². The summed E-state index contributed by atoms with van der Waals surface area (Å²) in [6, 6.07) is 4.77. The van der Waals surface area contributed by atoms with Crippen molar-refractivity contribution in [3.63, 3.8) is 0 Å². The quantitative estimate of drug-likeness (QED) is 0.398. The second-order valence-electron chi connectivity index (χ2n) is 2.84. The van der Waals surface area contributed by atoms with E-state index >= 15 is 0 Å². The molecule has 1 unspecified atom stereocenters. The topological polar surface area (TPSA) is 78.5 Å². The minimum Gasteiger partial charge on any atom is -0.506 e. The predicted molar refractivity (Wildman–Crippen MR) is 51.4 cm³/mol. The molecule has 1 rings (SSSR count). The maximum atomic E-state index is 9.31. The van der Waals surface area contributed by atoms with Crippen molar-refractivity contribution >= 4 is 5.69 Å². The largest absolute Gasteiger partial charge is 0.506 e. The zero-order valence-corrected chi connectivity index (χ0v) is 7.49. The van der Waals surface area contributed by atoms with Gasteiger partial charge in [-0.3, -0.25) is 0 Å². The molecule has 5 N–H and O–H groups in total. The summed E-state index contributed by atoms with van der Waals surface area (Å²) in [6.45, 7) is -0.0140. The molecule has 1 aromatic carbocycles. The van der Waals surface area contributed by atoms with Gasteiger partial charge in [0.15, 0.2) is 0 Å². The molecule has 0 aromatic heterocycles. The lowest BCUT2D eigenvalue weighted by molar-refractivity contribution is 0.251. The first-order valence-electron chi connectivity index (χ1n) is 4.05. The van der Waals surface area contributed by atoms with E-state index in [1.807, 2.05) is 0 Å². The lowest BCUT2D eigenvalue weighted by Gasteiger charge is -2.13. The standard InChI is InChI=1S/C9H14N2O2/c1-11-8(5-12)6-2-3-7(10)9(13)4-6/h2-4,8,11-13H,5,10H2,1H3. The molecule has 0 saturated heterocycles. The van der Waals surface area contributed by atoms with Gasteiger partial charge in [-0.15, -0.1) is 0 Å². The third-order valence-electron chi connectivity index (χ3n) is 1.99. The van der Waals surface area contributed by atoms with Crippen LogP contribution in [0.1, 0.15) is 11.6 Å². The van der Waals surface area contributed by atoms with E-state index in [4.69, 9.17) is 10.8 Å². The van der Waals surface area contributed by atoms with Gasteiger partial charge in [0.05, 0.1) is 18.3 Å². The van der Waals surface area contributed by atoms with E-state index < -0.39 is 0 Å². The van der Waals surface area contributed by atoms with Gasteiger partial charge in [-0.2, -0.15) is 0 Å². The summed E-state index contributed by atoms with van der Waals surface area (Å²) in [5.41, 5.74) is 6.60. The molecule has 0 aliphatic heterocycles. The van der Waals surface area contributed by atoms with Crippen LogP contribution >= 0.6 is 0 Å². The van der Waals surface area contributed by atoms with Gasteiger partial charge in [0.1, 0.15) is 5.75 Å². The van der Waals surface area contributed by atoms with Gasteiger partial charge in [-0.1, -0.05) is 6.07 Å². The minimum absolute atomic E-state index is 0.0140. The zero-order valence-electron chi connectivity index (χ0n) is 7.49. The Bertz CT molecular complexity index is 285. The van der Waals surface area contributed by atoms with Crippen molar-refractivity contribution in [3.8, 4) is 5.75 Å². The molecule has 0 aliphatic rings. The van der Waals surface area contributed by atoms with Crippen LogP contribution in [0, 0.1) is 0 Å². The number of rotatable bonds is 3. The number of hydrogen-bond donors (Lipinski definition) is 4. The summed E-state index contributed by atoms with van der Waals surface area (Å²) in [4.78, 5) is 0. The minimum atomic E-state index is -0.161. The molecule has 0 fully saturated rings. The van der Waals surface area contributed by atoms with Crippen molar-refractivity contribution in [3.05, 3.63) is 23.8 Å². The van der Waals surface area contributed by atoms with Crippen LogP contribution < -0.4 is 11.1 Å². The summed E-state index contributed by atoms with van der Waals surface area (Å²) >= 11 is 0. The Morgan fingerprint density at radius 2 is 2.23 bits per heavy atom. The first-order valence-corrected chi connectivity index (χ1v) is 4.05. The van der Waals surface area contributed by atoms with Crippen molar-refractivity contribution in [2.75, 3.05) is 19.4 Å². The van der Waals surface area contributed by atoms with Crippen molar-refractivity contribution in [2.45, 2.75) is 6.04 Å². The number of benzene rings is 1. The highest BCUT2D eigenvalue weighted by Gasteiger charge is 2.08. The van der Waals surface area contributed by atoms with Crippen LogP contribution in [-0.2, 0) is 0 Å². The number of aromatic hydroxyl groups is 1. The smallest absolute Gasteiger partial charge is 0.138 e. The van der Waals surface area contributed by atoms with Crippen molar-refractivity contribution in [1.29, 1.82) is 0 Å². The van der Waals surface area contributed by atoms with Gasteiger partial charge in [0, 0.05) is 0 Å². The fourth-order valence-electron chi connectivity index (χ4n) is 1.14. The van der Waals surface area contributed by atoms with Crippen LogP contribution in [0.4, 0.5) is 5.69 Å². The van der Waals surface area contributed by atoms with Gasteiger partial charge in [0.2, 0.25) is 0 Å². The number of aliphatic hydroxyl groups excluding tert-OH is 1. The van der Waals surface area contributed by atoms with E-state index in [2.05, 4.69) is 5.32 Å². The van der Waals surface area contributed by atoms with Crippen molar-refractivity contribution < 1.29 is 10.2 Å².